The second-order valence-corrected chi connectivity index (χ2v) is 11.0. The predicted octanol–water partition coefficient (Wildman–Crippen LogP) is 4.40. The van der Waals surface area contributed by atoms with Gasteiger partial charge in [-0.05, 0) is 62.1 Å². The van der Waals surface area contributed by atoms with Crippen molar-refractivity contribution in [3.8, 4) is 5.75 Å². The summed E-state index contributed by atoms with van der Waals surface area (Å²) in [4.78, 5) is 28.6. The lowest BCUT2D eigenvalue weighted by atomic mass is 9.95. The lowest BCUT2D eigenvalue weighted by molar-refractivity contribution is -0.157. The van der Waals surface area contributed by atoms with Crippen LogP contribution in [0.25, 0.3) is 0 Å². The van der Waals surface area contributed by atoms with Crippen LogP contribution in [-0.2, 0) is 20.9 Å². The minimum Gasteiger partial charge on any atom is -0.490 e. The van der Waals surface area contributed by atoms with E-state index in [4.69, 9.17) is 21.1 Å². The van der Waals surface area contributed by atoms with Gasteiger partial charge in [0.1, 0.15) is 29.6 Å². The fourth-order valence-electron chi connectivity index (χ4n) is 5.36. The Morgan fingerprint density at radius 1 is 1.13 bits per heavy atom. The zero-order valence-electron chi connectivity index (χ0n) is 22.7. The molecule has 2 heterocycles. The molecule has 2 fully saturated rings. The van der Waals surface area contributed by atoms with E-state index in [9.17, 15) is 18.4 Å². The number of nitrogens with zero attached hydrogens (tertiary/aromatic N) is 2. The van der Waals surface area contributed by atoms with E-state index in [0.29, 0.717) is 43.2 Å². The number of aryl methyl sites for hydroxylation is 2. The lowest BCUT2D eigenvalue weighted by Gasteiger charge is -2.43. The average Bonchev–Trinajstić information content (AvgIpc) is 2.88. The fraction of sp³-hybridized carbons (Fsp3) is 0.517. The molecule has 2 aromatic rings. The Morgan fingerprint density at radius 2 is 1.77 bits per heavy atom. The molecule has 0 radical (unpaired) electrons. The number of benzene rings is 2. The summed E-state index contributed by atoms with van der Waals surface area (Å²) >= 11 is 6.32. The number of carbonyl (C=O) groups excluding carboxylic acids is 2. The monoisotopic (exact) mass is 563 g/mol. The van der Waals surface area contributed by atoms with Gasteiger partial charge in [0, 0.05) is 56.3 Å². The number of amides is 2. The Labute approximate surface area is 233 Å². The van der Waals surface area contributed by atoms with Crippen molar-refractivity contribution in [3.05, 3.63) is 63.7 Å². The van der Waals surface area contributed by atoms with Crippen LogP contribution in [0.15, 0.2) is 30.3 Å². The number of rotatable bonds is 8. The molecular weight excluding hydrogens is 528 g/mol. The highest BCUT2D eigenvalue weighted by atomic mass is 35.5. The topological polar surface area (TPSA) is 71.1 Å². The molecule has 2 aliphatic rings. The van der Waals surface area contributed by atoms with Gasteiger partial charge in [-0.15, -0.1) is 0 Å². The molecule has 2 saturated heterocycles. The highest BCUT2D eigenvalue weighted by Gasteiger charge is 2.41. The largest absolute Gasteiger partial charge is 0.490 e. The number of piperidine rings is 1. The Morgan fingerprint density at radius 3 is 2.38 bits per heavy atom. The Bertz CT molecular complexity index is 1160. The summed E-state index contributed by atoms with van der Waals surface area (Å²) in [6.07, 6.45) is 1.41. The van der Waals surface area contributed by atoms with Crippen molar-refractivity contribution in [1.29, 1.82) is 0 Å². The predicted molar refractivity (Wildman–Crippen MR) is 145 cm³/mol. The minimum absolute atomic E-state index is 0.00969. The first-order valence-corrected chi connectivity index (χ1v) is 13.7. The zero-order chi connectivity index (χ0) is 28.2. The molecule has 4 rings (SSSR count). The number of morpholine rings is 1. The van der Waals surface area contributed by atoms with Crippen molar-refractivity contribution in [2.24, 2.45) is 0 Å². The summed E-state index contributed by atoms with van der Waals surface area (Å²) in [5.74, 6) is -0.756. The standard InChI is InChI=1S/C29H36ClF2N3O4/c1-19-13-23(14-20(2)28(19)30)38-18-29(15-27(37)35-9-7-22(8-10-35)33-21(3)36)17-34(11-12-39-29)16-24-25(31)5-4-6-26(24)32/h4-6,13-14,22H,7-12,15-18H2,1-3H3,(H,33,36)/t29-/m1/s1. The van der Waals surface area contributed by atoms with E-state index in [-0.39, 0.29) is 56.1 Å². The van der Waals surface area contributed by atoms with Crippen molar-refractivity contribution >= 4 is 23.4 Å². The summed E-state index contributed by atoms with van der Waals surface area (Å²) in [5.41, 5.74) is 0.720. The number of likely N-dealkylation sites (tertiary alicyclic amines) is 1. The second kappa shape index (κ2) is 12.6. The van der Waals surface area contributed by atoms with E-state index in [2.05, 4.69) is 5.32 Å². The number of hydrogen-bond donors (Lipinski definition) is 1. The van der Waals surface area contributed by atoms with Crippen molar-refractivity contribution in [2.75, 3.05) is 39.4 Å². The summed E-state index contributed by atoms with van der Waals surface area (Å²) in [6, 6.07) is 7.57. The van der Waals surface area contributed by atoms with Gasteiger partial charge in [-0.25, -0.2) is 8.78 Å². The van der Waals surface area contributed by atoms with Crippen molar-refractivity contribution < 1.29 is 27.8 Å². The Hall–Kier alpha value is -2.75. The van der Waals surface area contributed by atoms with Crippen LogP contribution in [0.4, 0.5) is 8.78 Å². The number of carbonyl (C=O) groups is 2. The highest BCUT2D eigenvalue weighted by molar-refractivity contribution is 6.32. The maximum absolute atomic E-state index is 14.4. The van der Waals surface area contributed by atoms with Gasteiger partial charge in [0.2, 0.25) is 11.8 Å². The quantitative estimate of drug-likeness (QED) is 0.515. The number of ether oxygens (including phenoxy) is 2. The molecule has 2 amide bonds. The average molecular weight is 564 g/mol. The molecule has 2 aromatic carbocycles. The molecule has 1 atom stereocenters. The van der Waals surface area contributed by atoms with E-state index in [1.807, 2.05) is 30.9 Å². The second-order valence-electron chi connectivity index (χ2n) is 10.6. The van der Waals surface area contributed by atoms with E-state index in [0.717, 1.165) is 11.1 Å². The van der Waals surface area contributed by atoms with E-state index >= 15 is 0 Å². The molecule has 0 unspecified atom stereocenters. The van der Waals surface area contributed by atoms with E-state index in [1.165, 1.54) is 25.1 Å². The summed E-state index contributed by atoms with van der Waals surface area (Å²) in [7, 11) is 0. The van der Waals surface area contributed by atoms with Gasteiger partial charge in [-0.2, -0.15) is 0 Å². The van der Waals surface area contributed by atoms with Gasteiger partial charge in [0.05, 0.1) is 13.0 Å². The van der Waals surface area contributed by atoms with Gasteiger partial charge >= 0.3 is 0 Å². The SMILES string of the molecule is CC(=O)NC1CCN(C(=O)C[C@]2(COc3cc(C)c(Cl)c(C)c3)CN(Cc3c(F)cccc3F)CCO2)CC1. The minimum atomic E-state index is -1.02. The Balaban J connectivity index is 1.51. The normalized spacial score (nSPS) is 20.6. The van der Waals surface area contributed by atoms with Crippen molar-refractivity contribution in [3.63, 3.8) is 0 Å². The van der Waals surface area contributed by atoms with E-state index < -0.39 is 17.2 Å². The Kier molecular flexibility index (Phi) is 9.46. The molecule has 1 N–H and O–H groups in total. The molecular formula is C29H36ClF2N3O4. The van der Waals surface area contributed by atoms with E-state index in [1.54, 1.807) is 4.90 Å². The third-order valence-corrected chi connectivity index (χ3v) is 8.01. The van der Waals surface area contributed by atoms with Crippen molar-refractivity contribution in [2.45, 2.75) is 58.2 Å². The van der Waals surface area contributed by atoms with Gasteiger partial charge in [0.15, 0.2) is 0 Å². The van der Waals surface area contributed by atoms with Crippen LogP contribution in [0.5, 0.6) is 5.75 Å². The lowest BCUT2D eigenvalue weighted by Crippen LogP contribution is -2.57. The smallest absolute Gasteiger partial charge is 0.225 e. The molecule has 0 saturated carbocycles. The van der Waals surface area contributed by atoms with Gasteiger partial charge in [-0.3, -0.25) is 14.5 Å². The third kappa shape index (κ3) is 7.47. The highest BCUT2D eigenvalue weighted by Crippen LogP contribution is 2.30. The fourth-order valence-corrected chi connectivity index (χ4v) is 5.47. The number of nitrogens with one attached hydrogen (secondary N) is 1. The summed E-state index contributed by atoms with van der Waals surface area (Å²) in [6.45, 7) is 7.49. The molecule has 0 bridgehead atoms. The zero-order valence-corrected chi connectivity index (χ0v) is 23.5. The molecule has 0 aromatic heterocycles. The molecule has 7 nitrogen and oxygen atoms in total. The van der Waals surface area contributed by atoms with Gasteiger partial charge in [0.25, 0.3) is 0 Å². The number of halogens is 3. The molecule has 39 heavy (non-hydrogen) atoms. The van der Waals surface area contributed by atoms with Crippen LogP contribution >= 0.6 is 11.6 Å². The third-order valence-electron chi connectivity index (χ3n) is 7.41. The first kappa shape index (κ1) is 29.2. The van der Waals surface area contributed by atoms with Crippen LogP contribution < -0.4 is 10.1 Å². The first-order valence-electron chi connectivity index (χ1n) is 13.3. The van der Waals surface area contributed by atoms with Crippen LogP contribution in [0.2, 0.25) is 5.02 Å². The maximum Gasteiger partial charge on any atom is 0.225 e. The molecule has 212 valence electrons. The molecule has 0 aliphatic carbocycles. The van der Waals surface area contributed by atoms with Crippen LogP contribution in [0.1, 0.15) is 42.9 Å². The van der Waals surface area contributed by atoms with Crippen LogP contribution in [0.3, 0.4) is 0 Å². The van der Waals surface area contributed by atoms with Crippen LogP contribution in [-0.4, -0.2) is 72.6 Å². The van der Waals surface area contributed by atoms with Gasteiger partial charge < -0.3 is 19.7 Å². The summed E-state index contributed by atoms with van der Waals surface area (Å²) in [5, 5.41) is 3.59. The molecule has 2 aliphatic heterocycles. The molecule has 0 spiro atoms. The molecule has 10 heteroatoms. The van der Waals surface area contributed by atoms with Gasteiger partial charge in [-0.1, -0.05) is 17.7 Å². The maximum atomic E-state index is 14.4. The first-order chi connectivity index (χ1) is 18.5. The number of hydrogen-bond acceptors (Lipinski definition) is 5. The summed E-state index contributed by atoms with van der Waals surface area (Å²) < 4.78 is 41.3. The van der Waals surface area contributed by atoms with Crippen molar-refractivity contribution in [1.82, 2.24) is 15.1 Å². The van der Waals surface area contributed by atoms with Crippen LogP contribution in [0, 0.1) is 25.5 Å².